The first-order valence-corrected chi connectivity index (χ1v) is 7.64. The van der Waals surface area contributed by atoms with E-state index < -0.39 is 35.9 Å². The number of carbonyl (C=O) groups excluding carboxylic acids is 2. The number of carbonyl (C=O) groups is 2. The zero-order chi connectivity index (χ0) is 17.7. The summed E-state index contributed by atoms with van der Waals surface area (Å²) in [6.45, 7) is -0.665. The summed E-state index contributed by atoms with van der Waals surface area (Å²) in [5.41, 5.74) is -1.61. The Morgan fingerprint density at radius 1 is 1.29 bits per heavy atom. The van der Waals surface area contributed by atoms with Gasteiger partial charge in [-0.25, -0.2) is 0 Å². The second-order valence-corrected chi connectivity index (χ2v) is 5.70. The molecule has 0 saturated heterocycles. The number of amides is 1. The Morgan fingerprint density at radius 2 is 2.04 bits per heavy atom. The van der Waals surface area contributed by atoms with Gasteiger partial charge < -0.3 is 10.1 Å². The predicted molar refractivity (Wildman–Crippen MR) is 82.5 cm³/mol. The van der Waals surface area contributed by atoms with E-state index in [1.807, 2.05) is 12.2 Å². The summed E-state index contributed by atoms with van der Waals surface area (Å²) in [4.78, 5) is 23.6. The lowest BCUT2D eigenvalue weighted by molar-refractivity contribution is -0.151. The molecule has 0 aromatic heterocycles. The summed E-state index contributed by atoms with van der Waals surface area (Å²) in [7, 11) is 0. The van der Waals surface area contributed by atoms with Crippen LogP contribution in [0.3, 0.4) is 0 Å². The van der Waals surface area contributed by atoms with E-state index >= 15 is 0 Å². The second-order valence-electron chi connectivity index (χ2n) is 5.30. The van der Waals surface area contributed by atoms with Crippen LogP contribution in [-0.4, -0.2) is 18.5 Å². The van der Waals surface area contributed by atoms with E-state index in [1.54, 1.807) is 0 Å². The minimum Gasteiger partial charge on any atom is -0.455 e. The quantitative estimate of drug-likeness (QED) is 0.646. The molecule has 1 unspecified atom stereocenters. The first-order valence-electron chi connectivity index (χ1n) is 7.26. The maximum Gasteiger partial charge on any atom is 0.418 e. The van der Waals surface area contributed by atoms with Crippen molar-refractivity contribution < 1.29 is 27.5 Å². The molecular formula is C16H15ClF3NO3. The highest BCUT2D eigenvalue weighted by molar-refractivity contribution is 6.34. The van der Waals surface area contributed by atoms with Gasteiger partial charge in [0.1, 0.15) is 0 Å². The van der Waals surface area contributed by atoms with E-state index in [1.165, 1.54) is 6.07 Å². The van der Waals surface area contributed by atoms with Gasteiger partial charge in [0.25, 0.3) is 5.91 Å². The zero-order valence-electron chi connectivity index (χ0n) is 12.5. The fourth-order valence-electron chi connectivity index (χ4n) is 2.33. The van der Waals surface area contributed by atoms with Crippen molar-refractivity contribution in [2.75, 3.05) is 11.9 Å². The number of halogens is 4. The van der Waals surface area contributed by atoms with Crippen LogP contribution in [0.2, 0.25) is 5.02 Å². The average molecular weight is 362 g/mol. The molecule has 8 heteroatoms. The summed E-state index contributed by atoms with van der Waals surface area (Å²) >= 11 is 5.73. The lowest BCUT2D eigenvalue weighted by Gasteiger charge is -2.17. The Kier molecular flexibility index (Phi) is 5.88. The van der Waals surface area contributed by atoms with Gasteiger partial charge in [-0.15, -0.1) is 0 Å². The molecule has 0 aliphatic heterocycles. The number of alkyl halides is 3. The van der Waals surface area contributed by atoms with Gasteiger partial charge in [-0.05, 0) is 31.4 Å². The molecule has 0 saturated carbocycles. The Labute approximate surface area is 141 Å². The van der Waals surface area contributed by atoms with Crippen LogP contribution in [0.1, 0.15) is 24.8 Å². The van der Waals surface area contributed by atoms with Crippen molar-refractivity contribution in [1.82, 2.24) is 0 Å². The van der Waals surface area contributed by atoms with Crippen molar-refractivity contribution in [3.8, 4) is 0 Å². The molecule has 1 amide bonds. The summed E-state index contributed by atoms with van der Waals surface area (Å²) in [6, 6.07) is 3.17. The molecule has 0 spiro atoms. The molecule has 24 heavy (non-hydrogen) atoms. The first kappa shape index (κ1) is 18.3. The van der Waals surface area contributed by atoms with E-state index in [4.69, 9.17) is 16.3 Å². The van der Waals surface area contributed by atoms with Crippen LogP contribution in [0, 0.1) is 5.92 Å². The molecule has 0 fully saturated rings. The Balaban J connectivity index is 1.98. The number of nitrogens with one attached hydrogen (secondary N) is 1. The van der Waals surface area contributed by atoms with E-state index in [0.29, 0.717) is 12.8 Å². The van der Waals surface area contributed by atoms with E-state index in [0.717, 1.165) is 18.6 Å². The fraction of sp³-hybridized carbons (Fsp3) is 0.375. The fourth-order valence-corrected chi connectivity index (χ4v) is 2.55. The van der Waals surface area contributed by atoms with Crippen LogP contribution >= 0.6 is 11.6 Å². The maximum atomic E-state index is 12.9. The molecule has 1 atom stereocenters. The Morgan fingerprint density at radius 3 is 2.67 bits per heavy atom. The third kappa shape index (κ3) is 4.74. The summed E-state index contributed by atoms with van der Waals surface area (Å²) in [6.07, 6.45) is 1.05. The smallest absolute Gasteiger partial charge is 0.418 e. The zero-order valence-corrected chi connectivity index (χ0v) is 13.3. The molecule has 2 rings (SSSR count). The molecule has 1 aliphatic carbocycles. The van der Waals surface area contributed by atoms with Gasteiger partial charge in [0.15, 0.2) is 6.61 Å². The lowest BCUT2D eigenvalue weighted by atomic mass is 9.95. The van der Waals surface area contributed by atoms with E-state index in [2.05, 4.69) is 5.32 Å². The van der Waals surface area contributed by atoms with Gasteiger partial charge in [-0.1, -0.05) is 29.8 Å². The predicted octanol–water partition coefficient (Wildman–Crippen LogP) is 4.20. The van der Waals surface area contributed by atoms with Crippen molar-refractivity contribution in [1.29, 1.82) is 0 Å². The number of ether oxygens (including phenoxy) is 1. The number of benzene rings is 1. The van der Waals surface area contributed by atoms with Crippen LogP contribution < -0.4 is 5.32 Å². The lowest BCUT2D eigenvalue weighted by Crippen LogP contribution is -2.26. The van der Waals surface area contributed by atoms with Crippen molar-refractivity contribution in [2.45, 2.75) is 25.4 Å². The number of anilines is 1. The normalized spacial score (nSPS) is 17.4. The number of esters is 1. The number of hydrogen-bond donors (Lipinski definition) is 1. The highest BCUT2D eigenvalue weighted by Crippen LogP contribution is 2.38. The van der Waals surface area contributed by atoms with E-state index in [9.17, 15) is 22.8 Å². The minimum atomic E-state index is -4.67. The topological polar surface area (TPSA) is 55.4 Å². The molecule has 0 bridgehead atoms. The van der Waals surface area contributed by atoms with Crippen LogP contribution in [0.5, 0.6) is 0 Å². The van der Waals surface area contributed by atoms with E-state index in [-0.39, 0.29) is 10.9 Å². The van der Waals surface area contributed by atoms with Crippen LogP contribution in [0.4, 0.5) is 18.9 Å². The third-order valence-electron chi connectivity index (χ3n) is 3.53. The Hall–Kier alpha value is -2.02. The molecule has 1 aromatic rings. The molecule has 1 aromatic carbocycles. The van der Waals surface area contributed by atoms with Gasteiger partial charge in [-0.2, -0.15) is 13.2 Å². The Bertz CT molecular complexity index is 658. The van der Waals surface area contributed by atoms with Crippen molar-refractivity contribution >= 4 is 29.2 Å². The van der Waals surface area contributed by atoms with Crippen molar-refractivity contribution in [3.05, 3.63) is 40.9 Å². The van der Waals surface area contributed by atoms with Gasteiger partial charge in [0.2, 0.25) is 0 Å². The van der Waals surface area contributed by atoms with Crippen molar-refractivity contribution in [3.63, 3.8) is 0 Å². The maximum absolute atomic E-state index is 12.9. The largest absolute Gasteiger partial charge is 0.455 e. The van der Waals surface area contributed by atoms with Gasteiger partial charge in [0, 0.05) is 0 Å². The molecule has 4 nitrogen and oxygen atoms in total. The van der Waals surface area contributed by atoms with Crippen LogP contribution in [0.25, 0.3) is 0 Å². The second kappa shape index (κ2) is 7.70. The SMILES string of the molecule is O=C(COC(=O)C1CC=CCC1)Nc1c(Cl)cccc1C(F)(F)F. The minimum absolute atomic E-state index is 0.248. The molecule has 0 heterocycles. The van der Waals surface area contributed by atoms with Crippen LogP contribution in [-0.2, 0) is 20.5 Å². The summed E-state index contributed by atoms with van der Waals surface area (Å²) in [5, 5.41) is 1.81. The third-order valence-corrected chi connectivity index (χ3v) is 3.85. The van der Waals surface area contributed by atoms with Crippen molar-refractivity contribution in [2.24, 2.45) is 5.92 Å². The monoisotopic (exact) mass is 361 g/mol. The number of rotatable bonds is 4. The molecular weight excluding hydrogens is 347 g/mol. The average Bonchev–Trinajstić information content (AvgIpc) is 2.54. The standard InChI is InChI=1S/C16H15ClF3NO3/c17-12-8-4-7-11(16(18,19)20)14(12)21-13(22)9-24-15(23)10-5-2-1-3-6-10/h1-2,4,7-8,10H,3,5-6,9H2,(H,21,22). The molecule has 0 radical (unpaired) electrons. The molecule has 1 N–H and O–H groups in total. The highest BCUT2D eigenvalue weighted by Gasteiger charge is 2.35. The summed E-state index contributed by atoms with van der Waals surface area (Å²) < 4.78 is 43.7. The van der Waals surface area contributed by atoms with Crippen LogP contribution in [0.15, 0.2) is 30.4 Å². The first-order chi connectivity index (χ1) is 11.3. The van der Waals surface area contributed by atoms with Gasteiger partial charge in [-0.3, -0.25) is 9.59 Å². The van der Waals surface area contributed by atoms with Gasteiger partial charge >= 0.3 is 12.1 Å². The summed E-state index contributed by atoms with van der Waals surface area (Å²) in [5.74, 6) is -1.74. The number of para-hydroxylation sites is 1. The molecule has 1 aliphatic rings. The molecule has 130 valence electrons. The number of allylic oxidation sites excluding steroid dienone is 2. The number of hydrogen-bond acceptors (Lipinski definition) is 3. The highest BCUT2D eigenvalue weighted by atomic mass is 35.5. The van der Waals surface area contributed by atoms with Gasteiger partial charge in [0.05, 0.1) is 22.2 Å².